The van der Waals surface area contributed by atoms with Crippen molar-refractivity contribution in [2.45, 2.75) is 63.8 Å². The van der Waals surface area contributed by atoms with Crippen LogP contribution >= 0.6 is 11.6 Å². The molecule has 3 fully saturated rings. The van der Waals surface area contributed by atoms with Gasteiger partial charge in [0.05, 0.1) is 23.8 Å². The Balaban J connectivity index is 1.11. The van der Waals surface area contributed by atoms with Crippen LogP contribution in [0, 0.1) is 29.9 Å². The van der Waals surface area contributed by atoms with Gasteiger partial charge in [0.15, 0.2) is 11.6 Å². The molecule has 5 nitrogen and oxygen atoms in total. The summed E-state index contributed by atoms with van der Waals surface area (Å²) < 4.78 is 69.9. The molecule has 0 N–H and O–H groups in total. The Morgan fingerprint density at radius 3 is 2.41 bits per heavy atom. The molecule has 4 aliphatic rings. The fraction of sp³-hybridized carbons (Fsp3) is 0.500. The average Bonchev–Trinajstić information content (AvgIpc) is 3.10. The number of aromatic nitrogens is 3. The highest BCUT2D eigenvalue weighted by molar-refractivity contribution is 6.30. The van der Waals surface area contributed by atoms with E-state index in [1.807, 2.05) is 23.1 Å². The van der Waals surface area contributed by atoms with E-state index in [2.05, 4.69) is 19.7 Å². The third-order valence-electron chi connectivity index (χ3n) is 9.27. The van der Waals surface area contributed by atoms with Gasteiger partial charge in [-0.3, -0.25) is 9.47 Å². The fourth-order valence-electron chi connectivity index (χ4n) is 6.98. The molecule has 0 radical (unpaired) electrons. The largest absolute Gasteiger partial charge is 0.391 e. The minimum atomic E-state index is -4.16. The smallest absolute Gasteiger partial charge is 0.368 e. The standard InChI is InChI=1S/C28H27ClF5N5/c1-15-21(30)3-5-23(25(15)31)38-13-27(14-38)9-17(10-27)26-36-35-24-12-37(20-7-18(8-20)28(32,33)34)11-16-6-19(29)2-4-22(16)39(24)26/h2-6,17-18,20H,7-14H2,1H3. The van der Waals surface area contributed by atoms with E-state index in [4.69, 9.17) is 11.6 Å². The molecule has 0 amide bonds. The van der Waals surface area contributed by atoms with Crippen LogP contribution in [0.4, 0.5) is 27.6 Å². The predicted molar refractivity (Wildman–Crippen MR) is 136 cm³/mol. The first kappa shape index (κ1) is 25.3. The van der Waals surface area contributed by atoms with Gasteiger partial charge < -0.3 is 4.90 Å². The summed E-state index contributed by atoms with van der Waals surface area (Å²) in [7, 11) is 0. The van der Waals surface area contributed by atoms with Crippen LogP contribution in [0.5, 0.6) is 0 Å². The zero-order valence-corrected chi connectivity index (χ0v) is 22.0. The highest BCUT2D eigenvalue weighted by Crippen LogP contribution is 2.57. The van der Waals surface area contributed by atoms with Gasteiger partial charge in [0.2, 0.25) is 0 Å². The van der Waals surface area contributed by atoms with Gasteiger partial charge in [-0.15, -0.1) is 10.2 Å². The van der Waals surface area contributed by atoms with Gasteiger partial charge in [0, 0.05) is 47.6 Å². The lowest BCUT2D eigenvalue weighted by Crippen LogP contribution is -2.62. The number of anilines is 1. The quantitative estimate of drug-likeness (QED) is 0.339. The molecule has 3 heterocycles. The molecule has 3 aromatic rings. The van der Waals surface area contributed by atoms with E-state index in [1.54, 1.807) is 0 Å². The zero-order valence-electron chi connectivity index (χ0n) is 21.3. The van der Waals surface area contributed by atoms with E-state index in [1.165, 1.54) is 19.1 Å². The van der Waals surface area contributed by atoms with Crippen LogP contribution in [0.2, 0.25) is 5.02 Å². The fourth-order valence-corrected chi connectivity index (χ4v) is 7.17. The zero-order chi connectivity index (χ0) is 27.3. The number of rotatable bonds is 3. The lowest BCUT2D eigenvalue weighted by molar-refractivity contribution is -0.207. The third kappa shape index (κ3) is 4.05. The summed E-state index contributed by atoms with van der Waals surface area (Å²) in [6.07, 6.45) is -2.21. The predicted octanol–water partition coefficient (Wildman–Crippen LogP) is 6.55. The van der Waals surface area contributed by atoms with Crippen LogP contribution in [-0.2, 0) is 13.1 Å². The van der Waals surface area contributed by atoms with Gasteiger partial charge in [-0.25, -0.2) is 8.78 Å². The molecule has 2 aliphatic heterocycles. The lowest BCUT2D eigenvalue weighted by Gasteiger charge is -2.59. The first-order chi connectivity index (χ1) is 18.5. The van der Waals surface area contributed by atoms with Crippen LogP contribution in [0.1, 0.15) is 54.4 Å². The van der Waals surface area contributed by atoms with Crippen molar-refractivity contribution >= 4 is 17.3 Å². The number of hydrogen-bond acceptors (Lipinski definition) is 4. The SMILES string of the molecule is Cc1c(F)ccc(N2CC3(CC(c4nnc5n4-c4ccc(Cl)cc4CN(C4CC(C(F)(F)F)C4)C5)C3)C2)c1F. The van der Waals surface area contributed by atoms with Crippen molar-refractivity contribution in [2.75, 3.05) is 18.0 Å². The number of halogens is 6. The van der Waals surface area contributed by atoms with Crippen molar-refractivity contribution in [3.05, 3.63) is 69.8 Å². The Hall–Kier alpha value is -2.72. The summed E-state index contributed by atoms with van der Waals surface area (Å²) in [4.78, 5) is 4.03. The molecule has 0 atom stereocenters. The molecule has 39 heavy (non-hydrogen) atoms. The molecule has 1 saturated heterocycles. The number of nitrogens with zero attached hydrogens (tertiary/aromatic N) is 5. The molecule has 11 heteroatoms. The van der Waals surface area contributed by atoms with Crippen LogP contribution in [0.3, 0.4) is 0 Å². The Morgan fingerprint density at radius 2 is 1.69 bits per heavy atom. The van der Waals surface area contributed by atoms with Gasteiger partial charge in [-0.05, 0) is 68.5 Å². The third-order valence-corrected chi connectivity index (χ3v) is 9.50. The first-order valence-corrected chi connectivity index (χ1v) is 13.6. The molecule has 2 aliphatic carbocycles. The van der Waals surface area contributed by atoms with E-state index < -0.39 is 23.7 Å². The summed E-state index contributed by atoms with van der Waals surface area (Å²) in [5.41, 5.74) is 2.40. The van der Waals surface area contributed by atoms with Gasteiger partial charge in [-0.2, -0.15) is 13.2 Å². The maximum atomic E-state index is 14.6. The molecule has 7 rings (SSSR count). The Bertz CT molecular complexity index is 1450. The van der Waals surface area contributed by atoms with E-state index in [9.17, 15) is 22.0 Å². The van der Waals surface area contributed by atoms with E-state index >= 15 is 0 Å². The molecule has 0 unspecified atom stereocenters. The van der Waals surface area contributed by atoms with E-state index in [0.717, 1.165) is 35.7 Å². The molecule has 2 saturated carbocycles. The number of alkyl halides is 3. The molecule has 206 valence electrons. The molecular weight excluding hydrogens is 537 g/mol. The van der Waals surface area contributed by atoms with E-state index in [0.29, 0.717) is 36.9 Å². The summed E-state index contributed by atoms with van der Waals surface area (Å²) in [5, 5.41) is 9.65. The van der Waals surface area contributed by atoms with Crippen molar-refractivity contribution in [1.29, 1.82) is 0 Å². The van der Waals surface area contributed by atoms with Crippen LogP contribution in [0.25, 0.3) is 5.69 Å². The highest BCUT2D eigenvalue weighted by Gasteiger charge is 2.55. The average molecular weight is 564 g/mol. The summed E-state index contributed by atoms with van der Waals surface area (Å²) in [6, 6.07) is 8.29. The summed E-state index contributed by atoms with van der Waals surface area (Å²) in [6.45, 7) is 3.78. The van der Waals surface area contributed by atoms with Crippen molar-refractivity contribution < 1.29 is 22.0 Å². The van der Waals surface area contributed by atoms with Crippen molar-refractivity contribution in [3.8, 4) is 5.69 Å². The number of hydrogen-bond donors (Lipinski definition) is 0. The lowest BCUT2D eigenvalue weighted by atomic mass is 9.57. The van der Waals surface area contributed by atoms with Gasteiger partial charge in [0.1, 0.15) is 11.6 Å². The van der Waals surface area contributed by atoms with Gasteiger partial charge >= 0.3 is 6.18 Å². The van der Waals surface area contributed by atoms with E-state index in [-0.39, 0.29) is 35.8 Å². The first-order valence-electron chi connectivity index (χ1n) is 13.2. The molecular formula is C28H27ClF5N5. The maximum absolute atomic E-state index is 14.6. The molecule has 2 aromatic carbocycles. The second-order valence-corrected chi connectivity index (χ2v) is 12.3. The monoisotopic (exact) mass is 563 g/mol. The van der Waals surface area contributed by atoms with Gasteiger partial charge in [-0.1, -0.05) is 11.6 Å². The topological polar surface area (TPSA) is 37.2 Å². The highest BCUT2D eigenvalue weighted by atomic mass is 35.5. The Kier molecular flexibility index (Phi) is 5.59. The molecule has 0 bridgehead atoms. The van der Waals surface area contributed by atoms with Crippen molar-refractivity contribution in [1.82, 2.24) is 19.7 Å². The minimum Gasteiger partial charge on any atom is -0.368 e. The minimum absolute atomic E-state index is 0.0368. The van der Waals surface area contributed by atoms with Crippen LogP contribution in [0.15, 0.2) is 30.3 Å². The van der Waals surface area contributed by atoms with Gasteiger partial charge in [0.25, 0.3) is 0 Å². The van der Waals surface area contributed by atoms with Crippen LogP contribution in [-0.4, -0.2) is 45.0 Å². The summed E-state index contributed by atoms with van der Waals surface area (Å²) >= 11 is 6.33. The van der Waals surface area contributed by atoms with Crippen molar-refractivity contribution in [2.24, 2.45) is 11.3 Å². The summed E-state index contributed by atoms with van der Waals surface area (Å²) in [5.74, 6) is -0.552. The second kappa shape index (κ2) is 8.64. The second-order valence-electron chi connectivity index (χ2n) is 11.8. The van der Waals surface area contributed by atoms with Crippen LogP contribution < -0.4 is 4.90 Å². The molecule has 1 spiro atoms. The number of fused-ring (bicyclic) bond motifs is 3. The molecule has 1 aromatic heterocycles. The number of benzene rings is 2. The normalized spacial score (nSPS) is 24.4. The van der Waals surface area contributed by atoms with Crippen molar-refractivity contribution in [3.63, 3.8) is 0 Å². The Morgan fingerprint density at radius 1 is 0.974 bits per heavy atom. The Labute approximate surface area is 227 Å². The maximum Gasteiger partial charge on any atom is 0.391 e.